The Balaban J connectivity index is 1.07. The first-order valence-electron chi connectivity index (χ1n) is 13.7. The van der Waals surface area contributed by atoms with Crippen LogP contribution in [0.25, 0.3) is 11.0 Å². The lowest BCUT2D eigenvalue weighted by molar-refractivity contribution is -0.0325. The largest absolute Gasteiger partial charge is 0.491 e. The van der Waals surface area contributed by atoms with Crippen LogP contribution in [-0.4, -0.2) is 100 Å². The Hall–Kier alpha value is -3.79. The maximum Gasteiger partial charge on any atom is 0.407 e. The first-order valence-corrected chi connectivity index (χ1v) is 16.7. The van der Waals surface area contributed by atoms with E-state index in [9.17, 15) is 32.0 Å². The summed E-state index contributed by atoms with van der Waals surface area (Å²) < 4.78 is 71.0. The molecular formula is C27H32N6O9S2. The number of amides is 1. The molecule has 3 aromatic rings. The van der Waals surface area contributed by atoms with Crippen LogP contribution in [0.2, 0.25) is 0 Å². The number of piperidine rings is 1. The second kappa shape index (κ2) is 12.7. The van der Waals surface area contributed by atoms with E-state index in [1.54, 1.807) is 6.07 Å². The molecule has 15 nitrogen and oxygen atoms in total. The molecule has 0 saturated carbocycles. The summed E-state index contributed by atoms with van der Waals surface area (Å²) in [6.45, 7) is 0.189. The van der Waals surface area contributed by atoms with Crippen LogP contribution in [0.3, 0.4) is 0 Å². The van der Waals surface area contributed by atoms with E-state index in [1.165, 1.54) is 48.0 Å². The fourth-order valence-electron chi connectivity index (χ4n) is 5.22. The molecule has 1 unspecified atom stereocenters. The van der Waals surface area contributed by atoms with Gasteiger partial charge < -0.3 is 29.6 Å². The van der Waals surface area contributed by atoms with Crippen molar-refractivity contribution in [1.82, 2.24) is 24.3 Å². The van der Waals surface area contributed by atoms with Crippen molar-refractivity contribution in [2.45, 2.75) is 46.9 Å². The van der Waals surface area contributed by atoms with Crippen molar-refractivity contribution in [2.75, 3.05) is 39.9 Å². The Morgan fingerprint density at radius 2 is 2.05 bits per heavy atom. The van der Waals surface area contributed by atoms with Crippen LogP contribution in [0.4, 0.5) is 4.79 Å². The number of nitriles is 1. The fourth-order valence-corrected chi connectivity index (χ4v) is 7.40. The molecule has 0 aliphatic carbocycles. The predicted molar refractivity (Wildman–Crippen MR) is 155 cm³/mol. The second-order valence-electron chi connectivity index (χ2n) is 10.5. The number of nitrogens with zero attached hydrogens (tertiary/aromatic N) is 3. The van der Waals surface area contributed by atoms with Crippen molar-refractivity contribution in [2.24, 2.45) is 0 Å². The van der Waals surface area contributed by atoms with Crippen molar-refractivity contribution in [3.8, 4) is 11.8 Å². The minimum Gasteiger partial charge on any atom is -0.491 e. The van der Waals surface area contributed by atoms with E-state index >= 15 is 0 Å². The Morgan fingerprint density at radius 1 is 1.27 bits per heavy atom. The zero-order valence-electron chi connectivity index (χ0n) is 23.7. The van der Waals surface area contributed by atoms with Crippen molar-refractivity contribution in [1.29, 1.82) is 5.26 Å². The van der Waals surface area contributed by atoms with E-state index in [0.717, 1.165) is 0 Å². The van der Waals surface area contributed by atoms with Crippen LogP contribution < -0.4 is 14.8 Å². The van der Waals surface area contributed by atoms with Gasteiger partial charge in [0.25, 0.3) is 0 Å². The second-order valence-corrected chi connectivity index (χ2v) is 14.4. The number of aromatic amines is 1. The third-order valence-electron chi connectivity index (χ3n) is 7.66. The number of aliphatic hydroxyl groups is 1. The monoisotopic (exact) mass is 648 g/mol. The van der Waals surface area contributed by atoms with E-state index < -0.39 is 43.9 Å². The third-order valence-corrected chi connectivity index (χ3v) is 10.9. The Bertz CT molecular complexity index is 1780. The molecule has 4 heterocycles. The van der Waals surface area contributed by atoms with Gasteiger partial charge in [-0.2, -0.15) is 9.57 Å². The number of rotatable bonds is 10. The van der Waals surface area contributed by atoms with E-state index in [4.69, 9.17) is 14.2 Å². The standard InChI is InChI=1S/C27H32N6O9S2/c1-29-43(36,37)22-4-2-3-20(9-22)40-16-19(34)14-32-26(35)42-21-11-27(41-17-21)5-7-33(8-6-27)44(38,39)23-10-24-18(12-28)13-30-25(24)31-15-23/h2-4,9-10,13,15,19,21,29,34H,5-8,11,14,16-17H2,1H3,(H,30,31)(H,32,35)/t19?,21-/m1/s1. The smallest absolute Gasteiger partial charge is 0.407 e. The quantitative estimate of drug-likeness (QED) is 0.242. The minimum absolute atomic E-state index is 0.00474. The highest BCUT2D eigenvalue weighted by Crippen LogP contribution is 2.38. The number of H-pyrrole nitrogens is 1. The zero-order valence-corrected chi connectivity index (χ0v) is 25.4. The number of carbonyl (C=O) groups is 1. The summed E-state index contributed by atoms with van der Waals surface area (Å²) >= 11 is 0. The summed E-state index contributed by atoms with van der Waals surface area (Å²) in [6.07, 6.45) is 1.57. The summed E-state index contributed by atoms with van der Waals surface area (Å²) in [5.74, 6) is 0.238. The van der Waals surface area contributed by atoms with Gasteiger partial charge in [-0.3, -0.25) is 0 Å². The fraction of sp³-hybridized carbons (Fsp3) is 0.444. The van der Waals surface area contributed by atoms with Crippen LogP contribution in [-0.2, 0) is 29.5 Å². The number of hydrogen-bond acceptors (Lipinski definition) is 11. The first kappa shape index (κ1) is 31.6. The molecule has 2 atom stereocenters. The maximum absolute atomic E-state index is 13.3. The van der Waals surface area contributed by atoms with Gasteiger partial charge in [0.1, 0.15) is 41.2 Å². The van der Waals surface area contributed by atoms with Gasteiger partial charge in [0.15, 0.2) is 0 Å². The maximum atomic E-state index is 13.3. The summed E-state index contributed by atoms with van der Waals surface area (Å²) in [5.41, 5.74) is 0.113. The number of benzene rings is 1. The molecule has 4 N–H and O–H groups in total. The summed E-state index contributed by atoms with van der Waals surface area (Å²) in [7, 11) is -6.20. The molecule has 1 aromatic carbocycles. The Kier molecular flexibility index (Phi) is 9.11. The highest BCUT2D eigenvalue weighted by Gasteiger charge is 2.46. The Labute approximate surface area is 254 Å². The number of alkyl carbamates (subject to hydrolysis) is 1. The molecule has 2 aromatic heterocycles. The average molecular weight is 649 g/mol. The number of hydrogen-bond donors (Lipinski definition) is 4. The number of aliphatic hydroxyl groups excluding tert-OH is 1. The molecule has 2 fully saturated rings. The van der Waals surface area contributed by atoms with Crippen molar-refractivity contribution < 1.29 is 40.9 Å². The molecule has 17 heteroatoms. The SMILES string of the molecule is CNS(=O)(=O)c1cccc(OCC(O)CNC(=O)O[C@H]2COC3(CCN(S(=O)(=O)c4cnc5[nH]cc(C#N)c5c4)CC3)C2)c1. The molecule has 2 saturated heterocycles. The van der Waals surface area contributed by atoms with Gasteiger partial charge in [-0.15, -0.1) is 0 Å². The highest BCUT2D eigenvalue weighted by atomic mass is 32.2. The number of sulfonamides is 2. The van der Waals surface area contributed by atoms with Crippen LogP contribution in [0, 0.1) is 11.3 Å². The summed E-state index contributed by atoms with van der Waals surface area (Å²) in [6, 6.07) is 9.25. The molecule has 236 valence electrons. The average Bonchev–Trinajstić information content (AvgIpc) is 3.62. The molecule has 1 spiro atoms. The zero-order chi connectivity index (χ0) is 31.5. The number of fused-ring (bicyclic) bond motifs is 1. The van der Waals surface area contributed by atoms with Gasteiger partial charge in [0, 0.05) is 43.4 Å². The lowest BCUT2D eigenvalue weighted by Crippen LogP contribution is -2.46. The minimum atomic E-state index is -3.85. The van der Waals surface area contributed by atoms with E-state index in [2.05, 4.69) is 20.0 Å². The topological polar surface area (TPSA) is 213 Å². The molecule has 2 aliphatic heterocycles. The number of nitrogens with one attached hydrogen (secondary N) is 3. The molecule has 5 rings (SSSR count). The van der Waals surface area contributed by atoms with Crippen LogP contribution >= 0.6 is 0 Å². The van der Waals surface area contributed by atoms with Crippen LogP contribution in [0.5, 0.6) is 5.75 Å². The number of ether oxygens (including phenoxy) is 3. The lowest BCUT2D eigenvalue weighted by atomic mass is 9.89. The third kappa shape index (κ3) is 6.80. The van der Waals surface area contributed by atoms with E-state index in [-0.39, 0.29) is 48.4 Å². The van der Waals surface area contributed by atoms with Crippen molar-refractivity contribution in [3.63, 3.8) is 0 Å². The van der Waals surface area contributed by atoms with Crippen molar-refractivity contribution >= 4 is 37.2 Å². The summed E-state index contributed by atoms with van der Waals surface area (Å²) in [4.78, 5) is 19.4. The van der Waals surface area contributed by atoms with Gasteiger partial charge in [-0.1, -0.05) is 6.07 Å². The van der Waals surface area contributed by atoms with E-state index in [1.807, 2.05) is 6.07 Å². The van der Waals surface area contributed by atoms with Crippen LogP contribution in [0.1, 0.15) is 24.8 Å². The first-order chi connectivity index (χ1) is 20.9. The van der Waals surface area contributed by atoms with Crippen LogP contribution in [0.15, 0.2) is 52.5 Å². The molecule has 1 amide bonds. The van der Waals surface area contributed by atoms with Gasteiger partial charge in [0.2, 0.25) is 20.0 Å². The molecular weight excluding hydrogens is 616 g/mol. The number of aromatic nitrogens is 2. The molecule has 2 aliphatic rings. The van der Waals surface area contributed by atoms with Gasteiger partial charge >= 0.3 is 6.09 Å². The Morgan fingerprint density at radius 3 is 2.77 bits per heavy atom. The highest BCUT2D eigenvalue weighted by molar-refractivity contribution is 7.89. The molecule has 44 heavy (non-hydrogen) atoms. The summed E-state index contributed by atoms with van der Waals surface area (Å²) in [5, 5.41) is 22.4. The molecule has 0 bridgehead atoms. The molecule has 0 radical (unpaired) electrons. The normalized spacial score (nSPS) is 19.4. The predicted octanol–water partition coefficient (Wildman–Crippen LogP) is 0.821. The van der Waals surface area contributed by atoms with Gasteiger partial charge in [-0.05, 0) is 38.1 Å². The number of pyridine rings is 1. The lowest BCUT2D eigenvalue weighted by Gasteiger charge is -2.37. The van der Waals surface area contributed by atoms with Gasteiger partial charge in [0.05, 0.1) is 29.2 Å². The van der Waals surface area contributed by atoms with Crippen molar-refractivity contribution in [3.05, 3.63) is 48.3 Å². The van der Waals surface area contributed by atoms with E-state index in [0.29, 0.717) is 35.9 Å². The van der Waals surface area contributed by atoms with Gasteiger partial charge in [-0.25, -0.2) is 31.3 Å². The number of carbonyl (C=O) groups excluding carboxylic acids is 1.